The molecule has 2 N–H and O–H groups in total. The molecule has 0 radical (unpaired) electrons. The van der Waals surface area contributed by atoms with E-state index in [0.717, 1.165) is 32.5 Å². The Hall–Kier alpha value is -1.46. The van der Waals surface area contributed by atoms with Crippen molar-refractivity contribution in [2.45, 2.75) is 23.3 Å². The minimum Gasteiger partial charge on any atom is -0.314 e. The highest BCUT2D eigenvalue weighted by molar-refractivity contribution is 7.89. The van der Waals surface area contributed by atoms with Crippen LogP contribution in [0.4, 0.5) is 0 Å². The van der Waals surface area contributed by atoms with Crippen LogP contribution in [0.5, 0.6) is 0 Å². The molecule has 1 aromatic rings. The fraction of sp³-hybridized carbons (Fsp3) is 0.533. The third-order valence-corrected chi connectivity index (χ3v) is 6.48. The van der Waals surface area contributed by atoms with Gasteiger partial charge >= 0.3 is 0 Å². The number of sulfonamides is 1. The molecule has 1 aromatic carbocycles. The van der Waals surface area contributed by atoms with Crippen LogP contribution in [0.1, 0.15) is 18.4 Å². The number of piperazine rings is 1. The Labute approximate surface area is 131 Å². The molecule has 2 fully saturated rings. The first-order valence-corrected chi connectivity index (χ1v) is 8.96. The molecular weight excluding hydrogens is 300 g/mol. The van der Waals surface area contributed by atoms with E-state index in [0.29, 0.717) is 18.7 Å². The van der Waals surface area contributed by atoms with E-state index < -0.39 is 10.0 Å². The minimum absolute atomic E-state index is 0.0366. The molecule has 118 valence electrons. The van der Waals surface area contributed by atoms with Gasteiger partial charge in [0.1, 0.15) is 0 Å². The average molecular weight is 320 g/mol. The number of piperidine rings is 1. The summed E-state index contributed by atoms with van der Waals surface area (Å²) in [5.41, 5.74) is 0.503. The molecule has 2 heterocycles. The Morgan fingerprint density at radius 3 is 2.36 bits per heavy atom. The second kappa shape index (κ2) is 5.97. The molecule has 6 nitrogen and oxygen atoms in total. The zero-order chi connectivity index (χ0) is 15.6. The number of rotatable bonds is 2. The first-order valence-electron chi connectivity index (χ1n) is 7.52. The Balaban J connectivity index is 1.72. The van der Waals surface area contributed by atoms with E-state index in [9.17, 15) is 8.42 Å². The van der Waals surface area contributed by atoms with Gasteiger partial charge in [-0.25, -0.2) is 8.42 Å². The third kappa shape index (κ3) is 2.88. The van der Waals surface area contributed by atoms with Crippen molar-refractivity contribution in [1.29, 1.82) is 5.26 Å². The number of benzene rings is 1. The molecule has 7 heteroatoms. The van der Waals surface area contributed by atoms with Crippen LogP contribution in [0.2, 0.25) is 0 Å². The highest BCUT2D eigenvalue weighted by atomic mass is 32.2. The Morgan fingerprint density at radius 2 is 1.82 bits per heavy atom. The summed E-state index contributed by atoms with van der Waals surface area (Å²) in [6.07, 6.45) is 1.63. The van der Waals surface area contributed by atoms with Crippen LogP contribution < -0.4 is 10.6 Å². The largest absolute Gasteiger partial charge is 0.314 e. The maximum absolute atomic E-state index is 12.7. The van der Waals surface area contributed by atoms with Crippen LogP contribution in [0.15, 0.2) is 29.2 Å². The van der Waals surface area contributed by atoms with Crippen molar-refractivity contribution in [3.8, 4) is 6.07 Å². The second-order valence-corrected chi connectivity index (χ2v) is 7.86. The lowest BCUT2D eigenvalue weighted by molar-refractivity contribution is 0.169. The van der Waals surface area contributed by atoms with Gasteiger partial charge in [-0.1, -0.05) is 0 Å². The predicted molar refractivity (Wildman–Crippen MR) is 82.8 cm³/mol. The van der Waals surface area contributed by atoms with Crippen molar-refractivity contribution in [2.24, 2.45) is 0 Å². The van der Waals surface area contributed by atoms with Crippen molar-refractivity contribution >= 4 is 10.0 Å². The third-order valence-electron chi connectivity index (χ3n) is 4.57. The smallest absolute Gasteiger partial charge is 0.243 e. The topological polar surface area (TPSA) is 85.2 Å². The van der Waals surface area contributed by atoms with Gasteiger partial charge in [-0.15, -0.1) is 0 Å². The summed E-state index contributed by atoms with van der Waals surface area (Å²) < 4.78 is 26.9. The van der Waals surface area contributed by atoms with E-state index in [1.54, 1.807) is 16.4 Å². The standard InChI is InChI=1S/C15H20N4O2S/c16-11-13-1-3-14(4-2-13)22(20,21)19-9-5-15(6-10-19)12-17-7-8-18-15/h1-4,17-18H,5-10,12H2. The number of hydrogen-bond acceptors (Lipinski definition) is 5. The molecule has 2 saturated heterocycles. The first kappa shape index (κ1) is 15.4. The lowest BCUT2D eigenvalue weighted by Gasteiger charge is -2.44. The van der Waals surface area contributed by atoms with E-state index in [1.807, 2.05) is 6.07 Å². The Bertz CT molecular complexity index is 662. The molecule has 0 saturated carbocycles. The quantitative estimate of drug-likeness (QED) is 0.817. The maximum Gasteiger partial charge on any atom is 0.243 e. The summed E-state index contributed by atoms with van der Waals surface area (Å²) >= 11 is 0. The normalized spacial score (nSPS) is 22.3. The van der Waals surface area contributed by atoms with Gasteiger partial charge in [0.2, 0.25) is 10.0 Å². The van der Waals surface area contributed by atoms with Crippen LogP contribution in [0.25, 0.3) is 0 Å². The highest BCUT2D eigenvalue weighted by Gasteiger charge is 2.38. The monoisotopic (exact) mass is 320 g/mol. The van der Waals surface area contributed by atoms with E-state index in [4.69, 9.17) is 5.26 Å². The van der Waals surface area contributed by atoms with Gasteiger partial charge in [-0.05, 0) is 37.1 Å². The predicted octanol–water partition coefficient (Wildman–Crippen LogP) is 0.274. The maximum atomic E-state index is 12.7. The molecule has 0 atom stereocenters. The molecule has 3 rings (SSSR count). The number of nitriles is 1. The molecule has 0 bridgehead atoms. The zero-order valence-electron chi connectivity index (χ0n) is 12.4. The average Bonchev–Trinajstić information content (AvgIpc) is 2.56. The van der Waals surface area contributed by atoms with Crippen LogP contribution >= 0.6 is 0 Å². The molecule has 0 amide bonds. The number of nitrogens with zero attached hydrogens (tertiary/aromatic N) is 2. The lowest BCUT2D eigenvalue weighted by Crippen LogP contribution is -2.63. The molecule has 0 unspecified atom stereocenters. The van der Waals surface area contributed by atoms with Gasteiger partial charge in [-0.2, -0.15) is 9.57 Å². The summed E-state index contributed by atoms with van der Waals surface area (Å²) in [6.45, 7) is 3.85. The summed E-state index contributed by atoms with van der Waals surface area (Å²) in [7, 11) is -3.47. The molecular formula is C15H20N4O2S. The van der Waals surface area contributed by atoms with Gasteiger partial charge in [0.15, 0.2) is 0 Å². The number of hydrogen-bond donors (Lipinski definition) is 2. The van der Waals surface area contributed by atoms with Crippen molar-refractivity contribution in [3.63, 3.8) is 0 Å². The van der Waals surface area contributed by atoms with Crippen LogP contribution in [0, 0.1) is 11.3 Å². The van der Waals surface area contributed by atoms with Crippen LogP contribution in [-0.4, -0.2) is 51.0 Å². The Morgan fingerprint density at radius 1 is 1.14 bits per heavy atom. The first-order chi connectivity index (χ1) is 10.6. The summed E-state index contributed by atoms with van der Waals surface area (Å²) in [4.78, 5) is 0.261. The lowest BCUT2D eigenvalue weighted by atomic mass is 9.87. The number of nitrogens with one attached hydrogen (secondary N) is 2. The fourth-order valence-electron chi connectivity index (χ4n) is 3.16. The van der Waals surface area contributed by atoms with E-state index in [1.165, 1.54) is 12.1 Å². The van der Waals surface area contributed by atoms with Crippen LogP contribution in [0.3, 0.4) is 0 Å². The van der Waals surface area contributed by atoms with E-state index in [2.05, 4.69) is 10.6 Å². The Kier molecular flexibility index (Phi) is 4.19. The SMILES string of the molecule is N#Cc1ccc(S(=O)(=O)N2CCC3(CC2)CNCCN3)cc1. The van der Waals surface area contributed by atoms with Gasteiger partial charge < -0.3 is 10.6 Å². The molecule has 0 aromatic heterocycles. The molecule has 22 heavy (non-hydrogen) atoms. The van der Waals surface area contributed by atoms with Gasteiger partial charge in [0.25, 0.3) is 0 Å². The van der Waals surface area contributed by atoms with Crippen molar-refractivity contribution < 1.29 is 8.42 Å². The fourth-order valence-corrected chi connectivity index (χ4v) is 4.61. The van der Waals surface area contributed by atoms with Gasteiger partial charge in [-0.3, -0.25) is 0 Å². The summed E-state index contributed by atoms with van der Waals surface area (Å²) in [6, 6.07) is 8.12. The molecule has 1 spiro atoms. The van der Waals surface area contributed by atoms with Crippen molar-refractivity contribution in [3.05, 3.63) is 29.8 Å². The highest BCUT2D eigenvalue weighted by Crippen LogP contribution is 2.27. The molecule has 2 aliphatic rings. The summed E-state index contributed by atoms with van der Waals surface area (Å²) in [5, 5.41) is 15.7. The second-order valence-electron chi connectivity index (χ2n) is 5.92. The zero-order valence-corrected chi connectivity index (χ0v) is 13.2. The van der Waals surface area contributed by atoms with Crippen molar-refractivity contribution in [1.82, 2.24) is 14.9 Å². The van der Waals surface area contributed by atoms with Crippen LogP contribution in [-0.2, 0) is 10.0 Å². The minimum atomic E-state index is -3.47. The van der Waals surface area contributed by atoms with E-state index in [-0.39, 0.29) is 10.4 Å². The summed E-state index contributed by atoms with van der Waals surface area (Å²) in [5.74, 6) is 0. The molecule has 2 aliphatic heterocycles. The van der Waals surface area contributed by atoms with E-state index >= 15 is 0 Å². The van der Waals surface area contributed by atoms with Gasteiger partial charge in [0, 0.05) is 38.3 Å². The molecule has 0 aliphatic carbocycles. The van der Waals surface area contributed by atoms with Gasteiger partial charge in [0.05, 0.1) is 16.5 Å². The van der Waals surface area contributed by atoms with Crippen molar-refractivity contribution in [2.75, 3.05) is 32.7 Å².